The smallest absolute Gasteiger partial charge is 0.220 e. The maximum absolute atomic E-state index is 5.70. The minimum absolute atomic E-state index is 0.263. The van der Waals surface area contributed by atoms with Gasteiger partial charge in [-0.05, 0) is 17.5 Å². The predicted molar refractivity (Wildman–Crippen MR) is 79.5 cm³/mol. The molecular formula is C14H12N4OS. The molecule has 3 aromatic rings. The molecule has 0 saturated heterocycles. The van der Waals surface area contributed by atoms with E-state index in [-0.39, 0.29) is 5.95 Å². The summed E-state index contributed by atoms with van der Waals surface area (Å²) in [6.07, 6.45) is 3.46. The van der Waals surface area contributed by atoms with Crippen LogP contribution in [0.15, 0.2) is 42.0 Å². The minimum Gasteiger partial charge on any atom is -0.481 e. The second kappa shape index (κ2) is 5.26. The van der Waals surface area contributed by atoms with Crippen LogP contribution in [0.4, 0.5) is 5.95 Å². The maximum atomic E-state index is 5.70. The number of hydrogen-bond donors (Lipinski definition) is 1. The van der Waals surface area contributed by atoms with Gasteiger partial charge in [-0.15, -0.1) is 11.3 Å². The number of ether oxygens (including phenoxy) is 1. The molecule has 0 aliphatic heterocycles. The van der Waals surface area contributed by atoms with E-state index in [2.05, 4.69) is 15.0 Å². The Hall–Kier alpha value is -2.47. The van der Waals surface area contributed by atoms with Crippen molar-refractivity contribution in [1.29, 1.82) is 0 Å². The van der Waals surface area contributed by atoms with Crippen molar-refractivity contribution < 1.29 is 4.74 Å². The Kier molecular flexibility index (Phi) is 3.30. The van der Waals surface area contributed by atoms with Crippen molar-refractivity contribution in [3.63, 3.8) is 0 Å². The third-order valence-electron chi connectivity index (χ3n) is 2.82. The number of pyridine rings is 1. The van der Waals surface area contributed by atoms with E-state index in [4.69, 9.17) is 10.5 Å². The Morgan fingerprint density at radius 3 is 2.70 bits per heavy atom. The number of hydrogen-bond acceptors (Lipinski definition) is 6. The number of aromatic nitrogens is 3. The van der Waals surface area contributed by atoms with E-state index in [0.29, 0.717) is 5.88 Å². The van der Waals surface area contributed by atoms with Crippen LogP contribution in [0, 0.1) is 0 Å². The van der Waals surface area contributed by atoms with Gasteiger partial charge in [0.2, 0.25) is 11.8 Å². The van der Waals surface area contributed by atoms with E-state index in [0.717, 1.165) is 21.7 Å². The number of nitrogen functional groups attached to an aromatic ring is 1. The summed E-state index contributed by atoms with van der Waals surface area (Å²) in [4.78, 5) is 13.7. The monoisotopic (exact) mass is 284 g/mol. The molecule has 0 atom stereocenters. The van der Waals surface area contributed by atoms with Crippen LogP contribution in [0.25, 0.3) is 21.7 Å². The molecule has 0 aromatic carbocycles. The highest BCUT2D eigenvalue weighted by Crippen LogP contribution is 2.33. The van der Waals surface area contributed by atoms with Gasteiger partial charge in [0, 0.05) is 29.6 Å². The molecule has 0 bridgehead atoms. The molecule has 100 valence electrons. The maximum Gasteiger partial charge on any atom is 0.220 e. The minimum atomic E-state index is 0.263. The van der Waals surface area contributed by atoms with Gasteiger partial charge in [-0.1, -0.05) is 6.07 Å². The lowest BCUT2D eigenvalue weighted by molar-refractivity contribution is 0.398. The van der Waals surface area contributed by atoms with Crippen molar-refractivity contribution in [2.75, 3.05) is 12.8 Å². The molecule has 0 aliphatic rings. The van der Waals surface area contributed by atoms with Gasteiger partial charge in [0.15, 0.2) is 0 Å². The lowest BCUT2D eigenvalue weighted by atomic mass is 10.1. The lowest BCUT2D eigenvalue weighted by Gasteiger charge is -2.08. The van der Waals surface area contributed by atoms with E-state index >= 15 is 0 Å². The third kappa shape index (κ3) is 2.33. The fourth-order valence-corrected chi connectivity index (χ4v) is 2.60. The number of rotatable bonds is 3. The van der Waals surface area contributed by atoms with Crippen LogP contribution < -0.4 is 10.5 Å². The molecule has 0 amide bonds. The standard InChI is InChI=1S/C14H12N4OS/c1-19-12-5-4-9(7-16-12)10-8-17-14(15)18-13(10)11-3-2-6-20-11/h2-8H,1H3,(H2,15,17,18). The molecule has 0 radical (unpaired) electrons. The van der Waals surface area contributed by atoms with Crippen molar-refractivity contribution in [3.05, 3.63) is 42.0 Å². The van der Waals surface area contributed by atoms with E-state index in [1.54, 1.807) is 30.8 Å². The van der Waals surface area contributed by atoms with Crippen LogP contribution in [-0.4, -0.2) is 22.1 Å². The van der Waals surface area contributed by atoms with E-state index in [1.165, 1.54) is 0 Å². The highest BCUT2D eigenvalue weighted by Gasteiger charge is 2.12. The Morgan fingerprint density at radius 2 is 2.05 bits per heavy atom. The zero-order valence-electron chi connectivity index (χ0n) is 10.8. The van der Waals surface area contributed by atoms with E-state index in [9.17, 15) is 0 Å². The van der Waals surface area contributed by atoms with Crippen LogP contribution in [0.2, 0.25) is 0 Å². The van der Waals surface area contributed by atoms with Crippen LogP contribution in [-0.2, 0) is 0 Å². The van der Waals surface area contributed by atoms with Gasteiger partial charge < -0.3 is 10.5 Å². The van der Waals surface area contributed by atoms with Crippen LogP contribution in [0.1, 0.15) is 0 Å². The highest BCUT2D eigenvalue weighted by molar-refractivity contribution is 7.13. The molecule has 20 heavy (non-hydrogen) atoms. The van der Waals surface area contributed by atoms with Gasteiger partial charge in [0.25, 0.3) is 0 Å². The lowest BCUT2D eigenvalue weighted by Crippen LogP contribution is -1.98. The van der Waals surface area contributed by atoms with Gasteiger partial charge in [0.1, 0.15) is 0 Å². The number of nitrogens with zero attached hydrogens (tertiary/aromatic N) is 3. The normalized spacial score (nSPS) is 10.4. The SMILES string of the molecule is COc1ccc(-c2cnc(N)nc2-c2cccs2)cn1. The predicted octanol–water partition coefficient (Wildman–Crippen LogP) is 2.86. The summed E-state index contributed by atoms with van der Waals surface area (Å²) in [5, 5.41) is 2.00. The average Bonchev–Trinajstić information content (AvgIpc) is 3.01. The van der Waals surface area contributed by atoms with Gasteiger partial charge in [-0.2, -0.15) is 0 Å². The molecule has 3 aromatic heterocycles. The quantitative estimate of drug-likeness (QED) is 0.800. The van der Waals surface area contributed by atoms with Crippen molar-refractivity contribution >= 4 is 17.3 Å². The van der Waals surface area contributed by atoms with Gasteiger partial charge >= 0.3 is 0 Å². The van der Waals surface area contributed by atoms with Crippen LogP contribution >= 0.6 is 11.3 Å². The summed E-state index contributed by atoms with van der Waals surface area (Å²) >= 11 is 1.61. The molecule has 0 aliphatic carbocycles. The zero-order chi connectivity index (χ0) is 13.9. The summed E-state index contributed by atoms with van der Waals surface area (Å²) in [5.41, 5.74) is 8.35. The second-order valence-electron chi connectivity index (χ2n) is 4.06. The second-order valence-corrected chi connectivity index (χ2v) is 5.00. The summed E-state index contributed by atoms with van der Waals surface area (Å²) in [6.45, 7) is 0. The number of nitrogens with two attached hydrogens (primary N) is 1. The molecule has 5 nitrogen and oxygen atoms in total. The average molecular weight is 284 g/mol. The molecule has 0 saturated carbocycles. The molecule has 0 unspecified atom stereocenters. The van der Waals surface area contributed by atoms with Crippen molar-refractivity contribution in [2.24, 2.45) is 0 Å². The first kappa shape index (κ1) is 12.6. The Bertz CT molecular complexity index is 711. The third-order valence-corrected chi connectivity index (χ3v) is 3.70. The fourth-order valence-electron chi connectivity index (χ4n) is 1.87. The largest absolute Gasteiger partial charge is 0.481 e. The van der Waals surface area contributed by atoms with Gasteiger partial charge in [-0.25, -0.2) is 15.0 Å². The Morgan fingerprint density at radius 1 is 1.15 bits per heavy atom. The van der Waals surface area contributed by atoms with Crippen molar-refractivity contribution in [3.8, 4) is 27.6 Å². The molecule has 3 heterocycles. The number of anilines is 1. The highest BCUT2D eigenvalue weighted by atomic mass is 32.1. The zero-order valence-corrected chi connectivity index (χ0v) is 11.6. The van der Waals surface area contributed by atoms with Crippen LogP contribution in [0.5, 0.6) is 5.88 Å². The fraction of sp³-hybridized carbons (Fsp3) is 0.0714. The van der Waals surface area contributed by atoms with Crippen molar-refractivity contribution in [2.45, 2.75) is 0 Å². The molecule has 0 fully saturated rings. The van der Waals surface area contributed by atoms with E-state index in [1.807, 2.05) is 29.6 Å². The number of thiophene rings is 1. The molecular weight excluding hydrogens is 272 g/mol. The molecule has 6 heteroatoms. The Balaban J connectivity index is 2.13. The number of methoxy groups -OCH3 is 1. The van der Waals surface area contributed by atoms with Crippen molar-refractivity contribution in [1.82, 2.24) is 15.0 Å². The van der Waals surface area contributed by atoms with Gasteiger partial charge in [0.05, 0.1) is 17.7 Å². The molecule has 0 spiro atoms. The summed E-state index contributed by atoms with van der Waals surface area (Å²) < 4.78 is 5.07. The molecule has 3 rings (SSSR count). The first-order valence-electron chi connectivity index (χ1n) is 5.95. The first-order valence-corrected chi connectivity index (χ1v) is 6.82. The summed E-state index contributed by atoms with van der Waals surface area (Å²) in [5.74, 6) is 0.835. The summed E-state index contributed by atoms with van der Waals surface area (Å²) in [7, 11) is 1.59. The van der Waals surface area contributed by atoms with Crippen LogP contribution in [0.3, 0.4) is 0 Å². The molecule has 2 N–H and O–H groups in total. The Labute approximate surface area is 120 Å². The van der Waals surface area contributed by atoms with Gasteiger partial charge in [-0.3, -0.25) is 0 Å². The topological polar surface area (TPSA) is 73.9 Å². The van der Waals surface area contributed by atoms with E-state index < -0.39 is 0 Å². The first-order chi connectivity index (χ1) is 9.78. The summed E-state index contributed by atoms with van der Waals surface area (Å²) in [6, 6.07) is 7.73.